The molecule has 1 aromatic heterocycles. The van der Waals surface area contributed by atoms with Gasteiger partial charge in [0.05, 0.1) is 6.61 Å². The quantitative estimate of drug-likeness (QED) is 0.684. The highest BCUT2D eigenvalue weighted by molar-refractivity contribution is 6.30. The second-order valence-corrected chi connectivity index (χ2v) is 5.40. The topological polar surface area (TPSA) is 79.9 Å². The molecule has 0 atom stereocenters. The molecule has 2 N–H and O–H groups in total. The fourth-order valence-electron chi connectivity index (χ4n) is 2.19. The first-order valence-electron chi connectivity index (χ1n) is 7.38. The molecule has 0 bridgehead atoms. The zero-order valence-corrected chi connectivity index (χ0v) is 13.7. The molecule has 7 heteroatoms. The Kier molecular flexibility index (Phi) is 4.77. The van der Waals surface area contributed by atoms with E-state index in [9.17, 15) is 4.79 Å². The zero-order chi connectivity index (χ0) is 16.9. The highest BCUT2D eigenvalue weighted by atomic mass is 35.5. The van der Waals surface area contributed by atoms with Gasteiger partial charge in [-0.05, 0) is 42.3 Å². The van der Waals surface area contributed by atoms with Gasteiger partial charge in [-0.2, -0.15) is 0 Å². The molecule has 0 saturated heterocycles. The number of carbonyl (C=O) groups is 1. The number of carbonyl (C=O) groups excluding carboxylic acids is 1. The molecule has 0 unspecified atom stereocenters. The van der Waals surface area contributed by atoms with Crippen LogP contribution in [0.4, 0.5) is 11.5 Å². The predicted molar refractivity (Wildman–Crippen MR) is 92.5 cm³/mol. The van der Waals surface area contributed by atoms with E-state index in [1.807, 2.05) is 48.5 Å². The van der Waals surface area contributed by atoms with Crippen LogP contribution in [0.5, 0.6) is 0 Å². The highest BCUT2D eigenvalue weighted by Gasteiger charge is 2.16. The molecule has 0 amide bonds. The van der Waals surface area contributed by atoms with Crippen molar-refractivity contribution in [2.75, 3.05) is 11.9 Å². The molecule has 1 heterocycles. The van der Waals surface area contributed by atoms with Crippen LogP contribution in [0.2, 0.25) is 5.02 Å². The van der Waals surface area contributed by atoms with Crippen molar-refractivity contribution in [3.05, 3.63) is 59.2 Å². The first kappa shape index (κ1) is 16.0. The molecule has 0 aliphatic heterocycles. The second-order valence-electron chi connectivity index (χ2n) is 4.97. The molecule has 0 aliphatic rings. The number of H-pyrrole nitrogens is 1. The number of nitrogens with zero attached hydrogens (tertiary/aromatic N) is 2. The van der Waals surface area contributed by atoms with Crippen LogP contribution in [0, 0.1) is 0 Å². The van der Waals surface area contributed by atoms with E-state index in [-0.39, 0.29) is 12.3 Å². The van der Waals surface area contributed by atoms with Crippen molar-refractivity contribution in [3.8, 4) is 11.1 Å². The molecule has 0 spiro atoms. The third-order valence-corrected chi connectivity index (χ3v) is 3.61. The van der Waals surface area contributed by atoms with Crippen molar-refractivity contribution < 1.29 is 9.53 Å². The van der Waals surface area contributed by atoms with Gasteiger partial charge in [-0.25, -0.2) is 9.89 Å². The minimum atomic E-state index is -0.497. The number of esters is 1. The molecule has 0 aliphatic carbocycles. The van der Waals surface area contributed by atoms with Gasteiger partial charge in [0.2, 0.25) is 0 Å². The van der Waals surface area contributed by atoms with Gasteiger partial charge in [0, 0.05) is 10.7 Å². The third-order valence-electron chi connectivity index (χ3n) is 3.35. The third kappa shape index (κ3) is 3.55. The summed E-state index contributed by atoms with van der Waals surface area (Å²) in [6.45, 7) is 2.03. The standard InChI is InChI=1S/C17H15ClN4O2/c1-2-24-17(23)15-16(21-22-20-15)19-14-9-5-12(6-10-14)11-3-7-13(18)8-4-11/h3-10H,2H2,1H3,(H2,19,20,21,22). The van der Waals surface area contributed by atoms with Crippen molar-refractivity contribution in [1.29, 1.82) is 0 Å². The van der Waals surface area contributed by atoms with E-state index in [2.05, 4.69) is 20.7 Å². The van der Waals surface area contributed by atoms with Crippen LogP contribution in [-0.2, 0) is 4.74 Å². The summed E-state index contributed by atoms with van der Waals surface area (Å²) in [6.07, 6.45) is 0. The molecule has 2 aromatic carbocycles. The summed E-state index contributed by atoms with van der Waals surface area (Å²) in [5, 5.41) is 13.8. The van der Waals surface area contributed by atoms with Crippen LogP contribution in [-0.4, -0.2) is 28.0 Å². The van der Waals surface area contributed by atoms with E-state index in [1.165, 1.54) is 0 Å². The Morgan fingerprint density at radius 1 is 1.12 bits per heavy atom. The molecule has 3 aromatic rings. The Hall–Kier alpha value is -2.86. The molecule has 0 fully saturated rings. The van der Waals surface area contributed by atoms with Gasteiger partial charge < -0.3 is 10.1 Å². The van der Waals surface area contributed by atoms with Gasteiger partial charge in [-0.3, -0.25) is 0 Å². The van der Waals surface area contributed by atoms with Crippen LogP contribution in [0.3, 0.4) is 0 Å². The van der Waals surface area contributed by atoms with Crippen molar-refractivity contribution in [2.24, 2.45) is 0 Å². The Balaban J connectivity index is 1.76. The van der Waals surface area contributed by atoms with Crippen LogP contribution >= 0.6 is 11.6 Å². The average Bonchev–Trinajstić information content (AvgIpc) is 3.05. The number of aromatic nitrogens is 3. The lowest BCUT2D eigenvalue weighted by Gasteiger charge is -2.07. The van der Waals surface area contributed by atoms with Crippen molar-refractivity contribution in [3.63, 3.8) is 0 Å². The van der Waals surface area contributed by atoms with Crippen LogP contribution in [0.15, 0.2) is 48.5 Å². The van der Waals surface area contributed by atoms with E-state index in [4.69, 9.17) is 16.3 Å². The summed E-state index contributed by atoms with van der Waals surface area (Å²) in [5.41, 5.74) is 3.10. The van der Waals surface area contributed by atoms with Crippen LogP contribution < -0.4 is 5.32 Å². The fourth-order valence-corrected chi connectivity index (χ4v) is 2.31. The molecule has 0 radical (unpaired) electrons. The zero-order valence-electron chi connectivity index (χ0n) is 12.9. The number of nitrogens with one attached hydrogen (secondary N) is 2. The number of rotatable bonds is 5. The first-order chi connectivity index (χ1) is 11.7. The average molecular weight is 343 g/mol. The number of hydrogen-bond donors (Lipinski definition) is 2. The van der Waals surface area contributed by atoms with E-state index in [0.717, 1.165) is 16.8 Å². The molecule has 122 valence electrons. The van der Waals surface area contributed by atoms with Crippen molar-refractivity contribution >= 4 is 29.1 Å². The lowest BCUT2D eigenvalue weighted by Crippen LogP contribution is -2.08. The SMILES string of the molecule is CCOC(=O)c1[nH]nnc1Nc1ccc(-c2ccc(Cl)cc2)cc1. The number of anilines is 2. The van der Waals surface area contributed by atoms with E-state index >= 15 is 0 Å². The second kappa shape index (κ2) is 7.14. The summed E-state index contributed by atoms with van der Waals surface area (Å²) in [4.78, 5) is 11.8. The first-order valence-corrected chi connectivity index (χ1v) is 7.76. The number of benzene rings is 2. The van der Waals surface area contributed by atoms with Gasteiger partial charge in [-0.1, -0.05) is 41.1 Å². The number of hydrogen-bond acceptors (Lipinski definition) is 5. The molecule has 3 rings (SSSR count). The Morgan fingerprint density at radius 2 is 1.75 bits per heavy atom. The lowest BCUT2D eigenvalue weighted by molar-refractivity contribution is 0.0520. The summed E-state index contributed by atoms with van der Waals surface area (Å²) in [5.74, 6) is -0.171. The maximum absolute atomic E-state index is 11.8. The maximum atomic E-state index is 11.8. The fraction of sp³-hybridized carbons (Fsp3) is 0.118. The summed E-state index contributed by atoms with van der Waals surface area (Å²) in [7, 11) is 0. The van der Waals surface area contributed by atoms with Crippen LogP contribution in [0.25, 0.3) is 11.1 Å². The van der Waals surface area contributed by atoms with Crippen molar-refractivity contribution in [2.45, 2.75) is 6.92 Å². The largest absolute Gasteiger partial charge is 0.461 e. The van der Waals surface area contributed by atoms with Gasteiger partial charge in [-0.15, -0.1) is 5.10 Å². The predicted octanol–water partition coefficient (Wildman–Crippen LogP) is 4.05. The summed E-state index contributed by atoms with van der Waals surface area (Å²) < 4.78 is 4.95. The Bertz CT molecular complexity index is 829. The minimum Gasteiger partial charge on any atom is -0.461 e. The van der Waals surface area contributed by atoms with E-state index in [0.29, 0.717) is 10.8 Å². The van der Waals surface area contributed by atoms with Gasteiger partial charge >= 0.3 is 5.97 Å². The Morgan fingerprint density at radius 3 is 2.38 bits per heavy atom. The summed E-state index contributed by atoms with van der Waals surface area (Å²) >= 11 is 5.90. The molecule has 24 heavy (non-hydrogen) atoms. The molecule has 0 saturated carbocycles. The monoisotopic (exact) mass is 342 g/mol. The summed E-state index contributed by atoms with van der Waals surface area (Å²) in [6, 6.07) is 15.4. The molecule has 6 nitrogen and oxygen atoms in total. The van der Waals surface area contributed by atoms with Gasteiger partial charge in [0.25, 0.3) is 0 Å². The van der Waals surface area contributed by atoms with Crippen molar-refractivity contribution in [1.82, 2.24) is 15.4 Å². The van der Waals surface area contributed by atoms with Crippen LogP contribution in [0.1, 0.15) is 17.4 Å². The van der Waals surface area contributed by atoms with E-state index < -0.39 is 5.97 Å². The lowest BCUT2D eigenvalue weighted by atomic mass is 10.1. The van der Waals surface area contributed by atoms with E-state index in [1.54, 1.807) is 6.92 Å². The number of aromatic amines is 1. The smallest absolute Gasteiger partial charge is 0.360 e. The highest BCUT2D eigenvalue weighted by Crippen LogP contribution is 2.24. The normalized spacial score (nSPS) is 10.4. The van der Waals surface area contributed by atoms with Gasteiger partial charge in [0.1, 0.15) is 0 Å². The number of halogens is 1. The molecular weight excluding hydrogens is 328 g/mol. The Labute approximate surface area is 143 Å². The minimum absolute atomic E-state index is 0.193. The number of ether oxygens (including phenoxy) is 1. The molecular formula is C17H15ClN4O2. The maximum Gasteiger partial charge on any atom is 0.360 e. The van der Waals surface area contributed by atoms with Gasteiger partial charge in [0.15, 0.2) is 11.5 Å².